The number of carbonyl (C=O) groups excluding carboxylic acids is 6. The fourth-order valence-corrected chi connectivity index (χ4v) is 6.76. The lowest BCUT2D eigenvalue weighted by atomic mass is 9.98. The fourth-order valence-electron chi connectivity index (χ4n) is 6.76. The second-order valence-corrected chi connectivity index (χ2v) is 16.1. The molecule has 2 amide bonds. The lowest BCUT2D eigenvalue weighted by Gasteiger charge is -2.30. The maximum absolute atomic E-state index is 13.0. The number of benzene rings is 3. The molecule has 0 radical (unpaired) electrons. The molecule has 3 aromatic carbocycles. The molecule has 2 aliphatic rings. The van der Waals surface area contributed by atoms with Crippen LogP contribution in [-0.2, 0) is 28.5 Å². The second-order valence-electron chi connectivity index (χ2n) is 16.1. The van der Waals surface area contributed by atoms with E-state index in [2.05, 4.69) is 0 Å². The summed E-state index contributed by atoms with van der Waals surface area (Å²) in [4.78, 5) is 80.1. The highest BCUT2D eigenvalue weighted by molar-refractivity contribution is 6.02. The molecule has 2 heterocycles. The Morgan fingerprint density at radius 2 is 0.963 bits per heavy atom. The largest absolute Gasteiger partial charge is 0.456 e. The summed E-state index contributed by atoms with van der Waals surface area (Å²) in [7, 11) is 0. The van der Waals surface area contributed by atoms with Crippen LogP contribution in [0.2, 0.25) is 0 Å². The Labute approximate surface area is 316 Å². The second kappa shape index (κ2) is 16.0. The van der Waals surface area contributed by atoms with E-state index < -0.39 is 60.6 Å². The number of hydrogen-bond acceptors (Lipinski definition) is 10. The molecule has 2 aliphatic heterocycles. The lowest BCUT2D eigenvalue weighted by Crippen LogP contribution is -2.47. The Bertz CT molecular complexity index is 1920. The number of Topliss-reactive ketones (excluding diaryl/α,β-unsaturated/α-hetero) is 2. The molecular weight excluding hydrogens is 692 g/mol. The van der Waals surface area contributed by atoms with Gasteiger partial charge in [-0.3, -0.25) is 19.4 Å². The van der Waals surface area contributed by atoms with Gasteiger partial charge in [0.1, 0.15) is 23.3 Å². The van der Waals surface area contributed by atoms with E-state index in [1.165, 1.54) is 9.80 Å². The summed E-state index contributed by atoms with van der Waals surface area (Å²) in [5, 5.41) is 1.69. The van der Waals surface area contributed by atoms with E-state index in [1.807, 2.05) is 38.1 Å². The minimum Gasteiger partial charge on any atom is -0.456 e. The van der Waals surface area contributed by atoms with Crippen LogP contribution in [0.5, 0.6) is 0 Å². The molecule has 0 aliphatic carbocycles. The van der Waals surface area contributed by atoms with Crippen molar-refractivity contribution in [2.24, 2.45) is 0 Å². The Kier molecular flexibility index (Phi) is 11.8. The van der Waals surface area contributed by atoms with Gasteiger partial charge in [-0.25, -0.2) is 19.2 Å². The number of ether oxygens (including phenoxy) is 4. The minimum absolute atomic E-state index is 0.191. The van der Waals surface area contributed by atoms with E-state index in [-0.39, 0.29) is 23.7 Å². The molecule has 54 heavy (non-hydrogen) atoms. The quantitative estimate of drug-likeness (QED) is 0.122. The van der Waals surface area contributed by atoms with E-state index in [9.17, 15) is 28.8 Å². The van der Waals surface area contributed by atoms with E-state index in [1.54, 1.807) is 77.9 Å². The van der Waals surface area contributed by atoms with E-state index in [0.717, 1.165) is 21.9 Å². The molecule has 12 nitrogen and oxygen atoms in total. The first-order chi connectivity index (χ1) is 25.3. The van der Waals surface area contributed by atoms with Gasteiger partial charge < -0.3 is 18.9 Å². The van der Waals surface area contributed by atoms with Gasteiger partial charge in [0, 0.05) is 23.2 Å². The Morgan fingerprint density at radius 3 is 1.44 bits per heavy atom. The molecule has 5 rings (SSSR count). The maximum atomic E-state index is 13.0. The predicted molar refractivity (Wildman–Crippen MR) is 201 cm³/mol. The number of amides is 2. The minimum atomic E-state index is -0.813. The average molecular weight is 743 g/mol. The van der Waals surface area contributed by atoms with E-state index >= 15 is 0 Å². The number of hydrogen-bond donors (Lipinski definition) is 0. The molecule has 0 N–H and O–H groups in total. The van der Waals surface area contributed by atoms with Gasteiger partial charge in [-0.1, -0.05) is 48.5 Å². The summed E-state index contributed by atoms with van der Waals surface area (Å²) in [5.74, 6) is -2.01. The van der Waals surface area contributed by atoms with Crippen molar-refractivity contribution in [3.05, 3.63) is 71.8 Å². The zero-order chi connectivity index (χ0) is 39.5. The van der Waals surface area contributed by atoms with Crippen LogP contribution in [0, 0.1) is 0 Å². The zero-order valence-electron chi connectivity index (χ0n) is 32.3. The summed E-state index contributed by atoms with van der Waals surface area (Å²) in [6.45, 7) is 13.3. The number of esters is 2. The van der Waals surface area contributed by atoms with E-state index in [4.69, 9.17) is 18.9 Å². The van der Waals surface area contributed by atoms with Crippen molar-refractivity contribution in [1.29, 1.82) is 0 Å². The predicted octanol–water partition coefficient (Wildman–Crippen LogP) is 7.53. The fraction of sp³-hybridized carbons (Fsp3) is 0.476. The Morgan fingerprint density at radius 1 is 0.556 bits per heavy atom. The normalized spacial score (nSPS) is 20.1. The third-order valence-electron chi connectivity index (χ3n) is 9.48. The number of likely N-dealkylation sites (tertiary alicyclic amines) is 2. The molecule has 1 unspecified atom stereocenters. The number of nitrogens with zero attached hydrogens (tertiary/aromatic N) is 2. The molecule has 0 aromatic heterocycles. The van der Waals surface area contributed by atoms with Crippen LogP contribution in [0.1, 0.15) is 102 Å². The number of carbonyl (C=O) groups is 6. The highest BCUT2D eigenvalue weighted by Crippen LogP contribution is 2.30. The van der Waals surface area contributed by atoms with Gasteiger partial charge in [0.25, 0.3) is 0 Å². The zero-order valence-corrected chi connectivity index (χ0v) is 32.3. The van der Waals surface area contributed by atoms with Crippen molar-refractivity contribution in [2.45, 2.75) is 116 Å². The number of fused-ring (bicyclic) bond motifs is 1. The van der Waals surface area contributed by atoms with Crippen LogP contribution in [0.4, 0.5) is 9.59 Å². The number of rotatable bonds is 9. The maximum Gasteiger partial charge on any atom is 0.411 e. The van der Waals surface area contributed by atoms with Gasteiger partial charge in [0.05, 0.1) is 0 Å². The van der Waals surface area contributed by atoms with Gasteiger partial charge in [0.15, 0.2) is 24.8 Å². The SMILES string of the molecule is C[C@H]1CCC(C(=O)OCC(=O)c2ccc(-c3ccc4cc(C(=O)COC(=O)[C@@H]5CC[C@H](C)N5C(=O)OC(C)(C)C)ccc4c3)cc2)N1C(=O)OC(C)(C)C. The Hall–Kier alpha value is -5.26. The van der Waals surface area contributed by atoms with Crippen molar-refractivity contribution < 1.29 is 47.7 Å². The van der Waals surface area contributed by atoms with E-state index in [0.29, 0.717) is 36.8 Å². The molecule has 0 spiro atoms. The molecule has 2 fully saturated rings. The first kappa shape index (κ1) is 39.9. The summed E-state index contributed by atoms with van der Waals surface area (Å²) >= 11 is 0. The highest BCUT2D eigenvalue weighted by Gasteiger charge is 2.43. The molecule has 12 heteroatoms. The molecule has 3 aromatic rings. The third-order valence-corrected chi connectivity index (χ3v) is 9.48. The van der Waals surface area contributed by atoms with Crippen LogP contribution in [-0.4, -0.2) is 94.1 Å². The Balaban J connectivity index is 1.16. The van der Waals surface area contributed by atoms with Crippen LogP contribution in [0.25, 0.3) is 21.9 Å². The van der Waals surface area contributed by atoms with Gasteiger partial charge >= 0.3 is 24.1 Å². The highest BCUT2D eigenvalue weighted by atomic mass is 16.6. The van der Waals surface area contributed by atoms with Crippen LogP contribution in [0.3, 0.4) is 0 Å². The summed E-state index contributed by atoms with van der Waals surface area (Å²) in [6.07, 6.45) is 0.940. The summed E-state index contributed by atoms with van der Waals surface area (Å²) in [6, 6.07) is 15.9. The standard InChI is InChI=1S/C42H50N2O10/c1-25-9-19-33(43(25)39(49)53-41(3,4)5)37(47)51-23-35(45)28-13-11-27(12-14-28)29-15-16-31-22-32(18-17-30(31)21-29)36(46)24-52-38(48)34-20-10-26(2)44(34)40(50)54-42(6,7)8/h11-18,21-22,25-26,33-34H,9-10,19-20,23-24H2,1-8H3/t25-,26-,33?,34-/m0/s1. The summed E-state index contributed by atoms with van der Waals surface area (Å²) < 4.78 is 21.7. The number of ketones is 2. The molecule has 0 bridgehead atoms. The van der Waals surface area contributed by atoms with Crippen molar-refractivity contribution in [2.75, 3.05) is 13.2 Å². The van der Waals surface area contributed by atoms with Crippen molar-refractivity contribution in [3.63, 3.8) is 0 Å². The topological polar surface area (TPSA) is 146 Å². The van der Waals surface area contributed by atoms with Crippen LogP contribution < -0.4 is 0 Å². The first-order valence-electron chi connectivity index (χ1n) is 18.4. The molecule has 288 valence electrons. The molecule has 2 saturated heterocycles. The molecule has 4 atom stereocenters. The monoisotopic (exact) mass is 742 g/mol. The van der Waals surface area contributed by atoms with Crippen molar-refractivity contribution in [3.8, 4) is 11.1 Å². The molecule has 0 saturated carbocycles. The third kappa shape index (κ3) is 9.64. The van der Waals surface area contributed by atoms with Gasteiger partial charge in [0.2, 0.25) is 0 Å². The van der Waals surface area contributed by atoms with Gasteiger partial charge in [-0.15, -0.1) is 0 Å². The average Bonchev–Trinajstić information content (AvgIpc) is 3.69. The van der Waals surface area contributed by atoms with Crippen LogP contribution >= 0.6 is 0 Å². The molecular formula is C42H50N2O10. The van der Waals surface area contributed by atoms with Gasteiger partial charge in [-0.05, 0) is 115 Å². The smallest absolute Gasteiger partial charge is 0.411 e. The van der Waals surface area contributed by atoms with Gasteiger partial charge in [-0.2, -0.15) is 0 Å². The van der Waals surface area contributed by atoms with Crippen molar-refractivity contribution >= 4 is 46.5 Å². The summed E-state index contributed by atoms with van der Waals surface area (Å²) in [5.41, 5.74) is 1.08. The first-order valence-corrected chi connectivity index (χ1v) is 18.4. The van der Waals surface area contributed by atoms with Crippen molar-refractivity contribution in [1.82, 2.24) is 9.80 Å². The van der Waals surface area contributed by atoms with Crippen LogP contribution in [0.15, 0.2) is 60.7 Å². The lowest BCUT2D eigenvalue weighted by molar-refractivity contribution is -0.148.